The molecule has 0 saturated heterocycles. The maximum atomic E-state index is 13.4. The fraction of sp³-hybridized carbons (Fsp3) is 0.200. The number of halogens is 3. The Hall–Kier alpha value is -0.870. The zero-order valence-corrected chi connectivity index (χ0v) is 13.8. The van der Waals surface area contributed by atoms with Gasteiger partial charge in [-0.15, -0.1) is 0 Å². The van der Waals surface area contributed by atoms with E-state index in [9.17, 15) is 4.39 Å². The highest BCUT2D eigenvalue weighted by atomic mass is 79.9. The van der Waals surface area contributed by atoms with Crippen molar-refractivity contribution in [3.8, 4) is 0 Å². The van der Waals surface area contributed by atoms with Crippen molar-refractivity contribution < 1.29 is 4.39 Å². The average Bonchev–Trinajstić information content (AvgIpc) is 2.36. The Bertz CT molecular complexity index is 599. The molecule has 0 bridgehead atoms. The lowest BCUT2D eigenvalue weighted by atomic mass is 10.1. The smallest absolute Gasteiger partial charge is 0.137 e. The number of hydrogen-bond acceptors (Lipinski definition) is 1. The monoisotopic (exact) mass is 385 g/mol. The molecule has 100 valence electrons. The minimum atomic E-state index is -0.239. The van der Waals surface area contributed by atoms with Crippen LogP contribution in [0.1, 0.15) is 24.1 Å². The maximum absolute atomic E-state index is 13.4. The second kappa shape index (κ2) is 6.06. The van der Waals surface area contributed by atoms with E-state index in [4.69, 9.17) is 0 Å². The van der Waals surface area contributed by atoms with Crippen LogP contribution in [-0.4, -0.2) is 0 Å². The molecule has 19 heavy (non-hydrogen) atoms. The van der Waals surface area contributed by atoms with Crippen molar-refractivity contribution in [3.63, 3.8) is 0 Å². The van der Waals surface area contributed by atoms with Crippen LogP contribution in [-0.2, 0) is 0 Å². The number of hydrogen-bond donors (Lipinski definition) is 1. The van der Waals surface area contributed by atoms with Crippen LogP contribution >= 0.6 is 31.9 Å². The predicted molar refractivity (Wildman–Crippen MR) is 85.0 cm³/mol. The van der Waals surface area contributed by atoms with E-state index in [1.807, 2.05) is 25.1 Å². The first-order valence-electron chi connectivity index (χ1n) is 5.95. The molecule has 1 atom stereocenters. The lowest BCUT2D eigenvalue weighted by Gasteiger charge is -2.19. The van der Waals surface area contributed by atoms with E-state index in [1.54, 1.807) is 6.07 Å². The molecule has 0 aromatic heterocycles. The molecular weight excluding hydrogens is 373 g/mol. The number of aryl methyl sites for hydroxylation is 1. The van der Waals surface area contributed by atoms with Gasteiger partial charge in [-0.25, -0.2) is 4.39 Å². The molecule has 1 unspecified atom stereocenters. The van der Waals surface area contributed by atoms with Gasteiger partial charge in [-0.2, -0.15) is 0 Å². The maximum Gasteiger partial charge on any atom is 0.137 e. The van der Waals surface area contributed by atoms with Gasteiger partial charge in [0, 0.05) is 16.2 Å². The lowest BCUT2D eigenvalue weighted by molar-refractivity contribution is 0.620. The van der Waals surface area contributed by atoms with Gasteiger partial charge in [0.1, 0.15) is 5.82 Å². The zero-order valence-electron chi connectivity index (χ0n) is 10.7. The third kappa shape index (κ3) is 3.37. The molecule has 0 aliphatic carbocycles. The summed E-state index contributed by atoms with van der Waals surface area (Å²) >= 11 is 6.76. The standard InChI is InChI=1S/C15H14Br2FN/c1-9-7-14(18)13(17)8-15(9)19-10(2)11-5-3-4-6-12(11)16/h3-8,10,19H,1-2H3. The zero-order chi connectivity index (χ0) is 14.0. The van der Waals surface area contributed by atoms with Crippen molar-refractivity contribution in [1.82, 2.24) is 0 Å². The SMILES string of the molecule is Cc1cc(F)c(Br)cc1NC(C)c1ccccc1Br. The summed E-state index contributed by atoms with van der Waals surface area (Å²) in [5.41, 5.74) is 2.98. The molecule has 4 heteroatoms. The van der Waals surface area contributed by atoms with Crippen molar-refractivity contribution in [2.24, 2.45) is 0 Å². The molecule has 1 nitrogen and oxygen atoms in total. The largest absolute Gasteiger partial charge is 0.378 e. The average molecular weight is 387 g/mol. The number of benzene rings is 2. The molecular formula is C15H14Br2FN. The molecule has 0 amide bonds. The Morgan fingerprint density at radius 2 is 1.79 bits per heavy atom. The van der Waals surface area contributed by atoms with Gasteiger partial charge in [-0.1, -0.05) is 34.1 Å². The van der Waals surface area contributed by atoms with E-state index in [-0.39, 0.29) is 11.9 Å². The molecule has 2 rings (SSSR count). The summed E-state index contributed by atoms with van der Waals surface area (Å²) < 4.78 is 14.9. The first kappa shape index (κ1) is 14.5. The van der Waals surface area contributed by atoms with Crippen LogP contribution in [0.4, 0.5) is 10.1 Å². The topological polar surface area (TPSA) is 12.0 Å². The van der Waals surface area contributed by atoms with Crippen LogP contribution in [0.5, 0.6) is 0 Å². The third-order valence-electron chi connectivity index (χ3n) is 3.01. The Labute approximate surface area is 129 Å². The molecule has 0 heterocycles. The van der Waals surface area contributed by atoms with Crippen LogP contribution < -0.4 is 5.32 Å². The van der Waals surface area contributed by atoms with E-state index in [2.05, 4.69) is 50.2 Å². The van der Waals surface area contributed by atoms with Gasteiger partial charge in [0.05, 0.1) is 4.47 Å². The number of rotatable bonds is 3. The molecule has 2 aromatic rings. The van der Waals surface area contributed by atoms with Crippen molar-refractivity contribution in [3.05, 3.63) is 62.3 Å². The van der Waals surface area contributed by atoms with Crippen LogP contribution in [0, 0.1) is 12.7 Å². The Morgan fingerprint density at radius 3 is 2.47 bits per heavy atom. The van der Waals surface area contributed by atoms with Crippen molar-refractivity contribution in [2.45, 2.75) is 19.9 Å². The molecule has 0 fully saturated rings. The van der Waals surface area contributed by atoms with Crippen molar-refractivity contribution in [2.75, 3.05) is 5.32 Å². The van der Waals surface area contributed by atoms with Gasteiger partial charge >= 0.3 is 0 Å². The Balaban J connectivity index is 2.27. The highest BCUT2D eigenvalue weighted by Crippen LogP contribution is 2.30. The van der Waals surface area contributed by atoms with Crippen molar-refractivity contribution in [1.29, 1.82) is 0 Å². The summed E-state index contributed by atoms with van der Waals surface area (Å²) in [5, 5.41) is 3.41. The lowest BCUT2D eigenvalue weighted by Crippen LogP contribution is -2.08. The molecule has 0 aliphatic rings. The van der Waals surface area contributed by atoms with Gasteiger partial charge in [0.2, 0.25) is 0 Å². The van der Waals surface area contributed by atoms with Crippen molar-refractivity contribution >= 4 is 37.5 Å². The molecule has 0 saturated carbocycles. The van der Waals surface area contributed by atoms with Gasteiger partial charge in [0.15, 0.2) is 0 Å². The van der Waals surface area contributed by atoms with E-state index in [1.165, 1.54) is 11.6 Å². The second-order valence-electron chi connectivity index (χ2n) is 4.47. The van der Waals surface area contributed by atoms with E-state index in [0.717, 1.165) is 15.7 Å². The minimum absolute atomic E-state index is 0.131. The van der Waals surface area contributed by atoms with Gasteiger partial charge in [-0.3, -0.25) is 0 Å². The van der Waals surface area contributed by atoms with Gasteiger partial charge in [-0.05, 0) is 59.1 Å². The Kier molecular flexibility index (Phi) is 4.63. The second-order valence-corrected chi connectivity index (χ2v) is 6.18. The minimum Gasteiger partial charge on any atom is -0.378 e. The van der Waals surface area contributed by atoms with Gasteiger partial charge < -0.3 is 5.32 Å². The van der Waals surface area contributed by atoms with E-state index < -0.39 is 0 Å². The normalized spacial score (nSPS) is 12.3. The summed E-state index contributed by atoms with van der Waals surface area (Å²) in [6, 6.07) is 11.5. The summed E-state index contributed by atoms with van der Waals surface area (Å²) in [6.45, 7) is 3.97. The van der Waals surface area contributed by atoms with Gasteiger partial charge in [0.25, 0.3) is 0 Å². The molecule has 0 spiro atoms. The Morgan fingerprint density at radius 1 is 1.11 bits per heavy atom. The third-order valence-corrected chi connectivity index (χ3v) is 4.34. The van der Waals surface area contributed by atoms with Crippen LogP contribution in [0.15, 0.2) is 45.3 Å². The molecule has 0 aliphatic heterocycles. The quantitative estimate of drug-likeness (QED) is 0.699. The first-order chi connectivity index (χ1) is 8.99. The molecule has 0 radical (unpaired) electrons. The fourth-order valence-corrected chi connectivity index (χ4v) is 2.91. The summed E-state index contributed by atoms with van der Waals surface area (Å²) in [5.74, 6) is -0.239. The van der Waals surface area contributed by atoms with Crippen LogP contribution in [0.25, 0.3) is 0 Å². The molecule has 2 aromatic carbocycles. The first-order valence-corrected chi connectivity index (χ1v) is 7.54. The summed E-state index contributed by atoms with van der Waals surface area (Å²) in [4.78, 5) is 0. The van der Waals surface area contributed by atoms with Crippen LogP contribution in [0.3, 0.4) is 0 Å². The summed E-state index contributed by atoms with van der Waals surface area (Å²) in [6.07, 6.45) is 0. The fourth-order valence-electron chi connectivity index (χ4n) is 1.94. The number of nitrogens with one attached hydrogen (secondary N) is 1. The number of anilines is 1. The highest BCUT2D eigenvalue weighted by Gasteiger charge is 2.11. The van der Waals surface area contributed by atoms with E-state index in [0.29, 0.717) is 4.47 Å². The van der Waals surface area contributed by atoms with E-state index >= 15 is 0 Å². The van der Waals surface area contributed by atoms with Crippen LogP contribution in [0.2, 0.25) is 0 Å². The predicted octanol–water partition coefficient (Wildman–Crippen LogP) is 5.83. The summed E-state index contributed by atoms with van der Waals surface area (Å²) in [7, 11) is 0. The highest BCUT2D eigenvalue weighted by molar-refractivity contribution is 9.10. The molecule has 1 N–H and O–H groups in total.